The highest BCUT2D eigenvalue weighted by Gasteiger charge is 2.31. The molecular weight excluding hydrogens is 559 g/mol. The van der Waals surface area contributed by atoms with Gasteiger partial charge < -0.3 is 29.6 Å². The number of imidazole rings is 1. The molecule has 0 bridgehead atoms. The Morgan fingerprint density at radius 1 is 1.12 bits per heavy atom. The first-order valence-corrected chi connectivity index (χ1v) is 14.2. The predicted octanol–water partition coefficient (Wildman–Crippen LogP) is 4.73. The maximum absolute atomic E-state index is 13.4. The van der Waals surface area contributed by atoms with Crippen LogP contribution in [0.1, 0.15) is 24.2 Å². The average molecular weight is 592 g/mol. The fourth-order valence-electron chi connectivity index (χ4n) is 4.85. The third-order valence-electron chi connectivity index (χ3n) is 6.98. The maximum Gasteiger partial charge on any atom is 0.573 e. The van der Waals surface area contributed by atoms with Gasteiger partial charge in [-0.25, -0.2) is 9.97 Å². The zero-order valence-corrected chi connectivity index (χ0v) is 23.9. The molecule has 4 aromatic rings. The number of benzene rings is 2. The second-order valence-corrected chi connectivity index (χ2v) is 10.6. The lowest BCUT2D eigenvalue weighted by Crippen LogP contribution is -2.41. The Hall–Kier alpha value is -3.62. The molecule has 0 aliphatic carbocycles. The van der Waals surface area contributed by atoms with Crippen molar-refractivity contribution in [3.05, 3.63) is 35.9 Å². The smallest absolute Gasteiger partial charge is 0.406 e. The molecule has 0 radical (unpaired) electrons. The molecule has 10 nitrogen and oxygen atoms in total. The Labute approximate surface area is 239 Å². The van der Waals surface area contributed by atoms with Crippen molar-refractivity contribution < 1.29 is 27.4 Å². The van der Waals surface area contributed by atoms with E-state index in [4.69, 9.17) is 9.72 Å². The minimum absolute atomic E-state index is 0.162. The van der Waals surface area contributed by atoms with Gasteiger partial charge in [-0.3, -0.25) is 9.69 Å². The van der Waals surface area contributed by atoms with Gasteiger partial charge in [-0.05, 0) is 38.1 Å². The predicted molar refractivity (Wildman–Crippen MR) is 153 cm³/mol. The molecule has 0 saturated carbocycles. The number of fused-ring (bicyclic) bond motifs is 2. The molecule has 1 saturated heterocycles. The summed E-state index contributed by atoms with van der Waals surface area (Å²) >= 11 is 1.19. The first kappa shape index (κ1) is 28.9. The van der Waals surface area contributed by atoms with Gasteiger partial charge in [0.15, 0.2) is 5.13 Å². The van der Waals surface area contributed by atoms with Crippen LogP contribution in [0.5, 0.6) is 5.75 Å². The molecule has 3 heterocycles. The number of ether oxygens (including phenoxy) is 2. The fraction of sp³-hybridized carbons (Fsp3) is 0.444. The molecular formula is C27H32F3N7O3S. The van der Waals surface area contributed by atoms with Gasteiger partial charge in [0.25, 0.3) is 5.91 Å². The van der Waals surface area contributed by atoms with Crippen molar-refractivity contribution in [1.29, 1.82) is 0 Å². The number of aromatic nitrogens is 3. The van der Waals surface area contributed by atoms with E-state index in [2.05, 4.69) is 30.2 Å². The van der Waals surface area contributed by atoms with Gasteiger partial charge in [0.1, 0.15) is 5.75 Å². The molecule has 0 spiro atoms. The maximum atomic E-state index is 13.4. The molecule has 1 aliphatic rings. The Morgan fingerprint density at radius 3 is 2.59 bits per heavy atom. The van der Waals surface area contributed by atoms with Crippen LogP contribution in [0.25, 0.3) is 21.3 Å². The Morgan fingerprint density at radius 2 is 1.88 bits per heavy atom. The summed E-state index contributed by atoms with van der Waals surface area (Å²) in [5.41, 5.74) is 3.35. The van der Waals surface area contributed by atoms with E-state index in [0.717, 1.165) is 43.9 Å². The zero-order valence-electron chi connectivity index (χ0n) is 23.0. The number of aryl methyl sites for hydroxylation is 1. The lowest BCUT2D eigenvalue weighted by Gasteiger charge is -2.27. The number of morpholine rings is 1. The number of hydrogen-bond acceptors (Lipinski definition) is 9. The monoisotopic (exact) mass is 591 g/mol. The Bertz CT molecular complexity index is 1530. The van der Waals surface area contributed by atoms with Gasteiger partial charge in [-0.1, -0.05) is 11.3 Å². The third kappa shape index (κ3) is 6.66. The number of thiazole rings is 1. The van der Waals surface area contributed by atoms with E-state index < -0.39 is 6.36 Å². The molecule has 1 fully saturated rings. The van der Waals surface area contributed by atoms with Gasteiger partial charge in [-0.15, -0.1) is 13.2 Å². The first-order valence-electron chi connectivity index (χ1n) is 13.4. The quantitative estimate of drug-likeness (QED) is 0.273. The van der Waals surface area contributed by atoms with Gasteiger partial charge in [0.2, 0.25) is 5.95 Å². The van der Waals surface area contributed by atoms with Crippen LogP contribution in [0.4, 0.5) is 29.9 Å². The van der Waals surface area contributed by atoms with Gasteiger partial charge in [0.05, 0.1) is 45.7 Å². The summed E-state index contributed by atoms with van der Waals surface area (Å²) in [5, 5.41) is 6.71. The van der Waals surface area contributed by atoms with E-state index in [1.807, 2.05) is 31.5 Å². The molecule has 5 rings (SSSR count). The van der Waals surface area contributed by atoms with E-state index in [1.54, 1.807) is 6.07 Å². The van der Waals surface area contributed by atoms with Crippen LogP contribution in [0, 0.1) is 0 Å². The largest absolute Gasteiger partial charge is 0.573 e. The van der Waals surface area contributed by atoms with Gasteiger partial charge in [-0.2, -0.15) is 0 Å². The average Bonchev–Trinajstić information content (AvgIpc) is 3.48. The number of amides is 1. The van der Waals surface area contributed by atoms with Crippen molar-refractivity contribution in [2.75, 3.05) is 62.7 Å². The van der Waals surface area contributed by atoms with Crippen LogP contribution in [0.3, 0.4) is 0 Å². The minimum atomic E-state index is -4.77. The normalized spacial score (nSPS) is 14.5. The van der Waals surface area contributed by atoms with Crippen molar-refractivity contribution in [2.24, 2.45) is 7.05 Å². The van der Waals surface area contributed by atoms with Crippen molar-refractivity contribution in [1.82, 2.24) is 24.8 Å². The van der Waals surface area contributed by atoms with Crippen LogP contribution in [-0.4, -0.2) is 84.2 Å². The summed E-state index contributed by atoms with van der Waals surface area (Å²) in [5.74, 6) is 0.0223. The topological polar surface area (TPSA) is 96.8 Å². The molecule has 1 amide bonds. The van der Waals surface area contributed by atoms with E-state index >= 15 is 0 Å². The lowest BCUT2D eigenvalue weighted by molar-refractivity contribution is -0.274. The minimum Gasteiger partial charge on any atom is -0.406 e. The summed E-state index contributed by atoms with van der Waals surface area (Å²) in [6, 6.07) is 7.79. The van der Waals surface area contributed by atoms with Gasteiger partial charge in [0, 0.05) is 52.4 Å². The second kappa shape index (κ2) is 12.1. The molecule has 14 heteroatoms. The highest BCUT2D eigenvalue weighted by Crippen LogP contribution is 2.34. The highest BCUT2D eigenvalue weighted by molar-refractivity contribution is 7.22. The fourth-order valence-corrected chi connectivity index (χ4v) is 5.73. The Balaban J connectivity index is 1.40. The number of hydrogen-bond donors (Lipinski definition) is 2. The number of anilines is 3. The van der Waals surface area contributed by atoms with Crippen molar-refractivity contribution in [3.63, 3.8) is 0 Å². The summed E-state index contributed by atoms with van der Waals surface area (Å²) in [6.45, 7) is 9.94. The summed E-state index contributed by atoms with van der Waals surface area (Å²) < 4.78 is 49.7. The Kier molecular flexibility index (Phi) is 8.52. The standard InChI is InChI=1S/C27H32F3N7O3S/c1-4-37(5-2)21-16-22-20(15-18(21)24(38)31-8-9-36-10-12-39-13-11-36)32-25(35(22)3)34-26-33-19-7-6-17(14-23(19)41-26)40-27(28,29)30/h6-7,14-16H,4-5,8-13H2,1-3H3,(H,31,38)(H,32,33,34). The molecule has 0 unspecified atom stereocenters. The van der Waals surface area contributed by atoms with Crippen molar-refractivity contribution in [3.8, 4) is 5.75 Å². The number of carbonyl (C=O) groups is 1. The molecule has 2 aromatic heterocycles. The molecule has 0 atom stereocenters. The number of nitrogens with one attached hydrogen (secondary N) is 2. The molecule has 2 N–H and O–H groups in total. The number of rotatable bonds is 10. The first-order chi connectivity index (χ1) is 19.6. The lowest BCUT2D eigenvalue weighted by atomic mass is 10.1. The highest BCUT2D eigenvalue weighted by atomic mass is 32.1. The van der Waals surface area contributed by atoms with Crippen LogP contribution in [-0.2, 0) is 11.8 Å². The summed E-state index contributed by atoms with van der Waals surface area (Å²) in [6.07, 6.45) is -4.77. The molecule has 1 aliphatic heterocycles. The van der Waals surface area contributed by atoms with Crippen LogP contribution >= 0.6 is 11.3 Å². The second-order valence-electron chi connectivity index (χ2n) is 9.56. The summed E-state index contributed by atoms with van der Waals surface area (Å²) in [4.78, 5) is 27.0. The number of alkyl halides is 3. The third-order valence-corrected chi connectivity index (χ3v) is 7.91. The SMILES string of the molecule is CCN(CC)c1cc2c(cc1C(=O)NCCN1CCOCC1)nc(Nc1nc3ccc(OC(F)(F)F)cc3s1)n2C. The summed E-state index contributed by atoms with van der Waals surface area (Å²) in [7, 11) is 1.86. The van der Waals surface area contributed by atoms with Crippen LogP contribution in [0.2, 0.25) is 0 Å². The van der Waals surface area contributed by atoms with E-state index in [1.165, 1.54) is 29.5 Å². The van der Waals surface area contributed by atoms with E-state index in [-0.39, 0.29) is 11.7 Å². The van der Waals surface area contributed by atoms with Gasteiger partial charge >= 0.3 is 6.36 Å². The van der Waals surface area contributed by atoms with E-state index in [0.29, 0.717) is 52.1 Å². The number of carbonyl (C=O) groups excluding carboxylic acids is 1. The van der Waals surface area contributed by atoms with E-state index in [9.17, 15) is 18.0 Å². The molecule has 220 valence electrons. The van der Waals surface area contributed by atoms with Crippen LogP contribution < -0.4 is 20.3 Å². The van der Waals surface area contributed by atoms with Crippen LogP contribution in [0.15, 0.2) is 30.3 Å². The zero-order chi connectivity index (χ0) is 29.1. The van der Waals surface area contributed by atoms with Crippen molar-refractivity contribution >= 4 is 55.3 Å². The molecule has 2 aromatic carbocycles. The van der Waals surface area contributed by atoms with Crippen molar-refractivity contribution in [2.45, 2.75) is 20.2 Å². The molecule has 41 heavy (non-hydrogen) atoms. The number of nitrogens with zero attached hydrogens (tertiary/aromatic N) is 5. The number of halogens is 3.